The summed E-state index contributed by atoms with van der Waals surface area (Å²) >= 11 is 0. The summed E-state index contributed by atoms with van der Waals surface area (Å²) in [6.45, 7) is 3.15. The second-order valence-electron chi connectivity index (χ2n) is 4.28. The highest BCUT2D eigenvalue weighted by molar-refractivity contribution is 5.68. The van der Waals surface area contributed by atoms with E-state index >= 15 is 0 Å². The molecular formula is C17H15F3O. The fourth-order valence-electron chi connectivity index (χ4n) is 1.75. The SMILES string of the molecule is CC/C=C(C=C=O)/C=C\C(F)=C(/C)c1c(F)cccc1F. The van der Waals surface area contributed by atoms with Gasteiger partial charge in [-0.3, -0.25) is 0 Å². The van der Waals surface area contributed by atoms with Crippen molar-refractivity contribution in [2.75, 3.05) is 0 Å². The van der Waals surface area contributed by atoms with Crippen LogP contribution in [-0.2, 0) is 4.79 Å². The van der Waals surface area contributed by atoms with E-state index in [2.05, 4.69) is 0 Å². The molecular weight excluding hydrogens is 277 g/mol. The number of allylic oxidation sites excluding steroid dienone is 7. The van der Waals surface area contributed by atoms with E-state index in [-0.39, 0.29) is 5.57 Å². The maximum Gasteiger partial charge on any atom is 0.133 e. The van der Waals surface area contributed by atoms with Crippen molar-refractivity contribution in [3.8, 4) is 0 Å². The molecule has 1 aromatic carbocycles. The number of hydrogen-bond acceptors (Lipinski definition) is 1. The Bertz CT molecular complexity index is 628. The fourth-order valence-corrected chi connectivity index (χ4v) is 1.75. The molecule has 0 aliphatic rings. The Kier molecular flexibility index (Phi) is 6.44. The predicted octanol–water partition coefficient (Wildman–Crippen LogP) is 4.95. The summed E-state index contributed by atoms with van der Waals surface area (Å²) in [5.41, 5.74) is -0.0659. The van der Waals surface area contributed by atoms with E-state index in [0.29, 0.717) is 12.0 Å². The molecule has 1 rings (SSSR count). The van der Waals surface area contributed by atoms with Crippen molar-refractivity contribution in [3.05, 3.63) is 71.1 Å². The average molecular weight is 292 g/mol. The molecule has 0 radical (unpaired) electrons. The van der Waals surface area contributed by atoms with Gasteiger partial charge in [-0.2, -0.15) is 0 Å². The first-order chi connectivity index (χ1) is 10.0. The van der Waals surface area contributed by atoms with Gasteiger partial charge in [-0.25, -0.2) is 18.0 Å². The molecule has 110 valence electrons. The molecule has 0 aromatic heterocycles. The number of rotatable bonds is 5. The van der Waals surface area contributed by atoms with Crippen LogP contribution >= 0.6 is 0 Å². The van der Waals surface area contributed by atoms with E-state index in [0.717, 1.165) is 24.3 Å². The third-order valence-corrected chi connectivity index (χ3v) is 2.78. The van der Waals surface area contributed by atoms with Gasteiger partial charge >= 0.3 is 0 Å². The van der Waals surface area contributed by atoms with Gasteiger partial charge in [0.15, 0.2) is 0 Å². The molecule has 0 N–H and O–H groups in total. The molecule has 0 unspecified atom stereocenters. The van der Waals surface area contributed by atoms with Crippen LogP contribution in [-0.4, -0.2) is 5.94 Å². The van der Waals surface area contributed by atoms with Crippen molar-refractivity contribution < 1.29 is 18.0 Å². The Balaban J connectivity index is 3.18. The Morgan fingerprint density at radius 3 is 2.38 bits per heavy atom. The lowest BCUT2D eigenvalue weighted by Crippen LogP contribution is -1.93. The van der Waals surface area contributed by atoms with Crippen LogP contribution in [0.4, 0.5) is 13.2 Å². The minimum Gasteiger partial charge on any atom is -0.233 e. The molecule has 21 heavy (non-hydrogen) atoms. The molecule has 1 nitrogen and oxygen atoms in total. The Morgan fingerprint density at radius 2 is 1.86 bits per heavy atom. The van der Waals surface area contributed by atoms with Crippen LogP contribution in [0.5, 0.6) is 0 Å². The maximum absolute atomic E-state index is 14.0. The van der Waals surface area contributed by atoms with Crippen LogP contribution in [0.25, 0.3) is 5.57 Å². The van der Waals surface area contributed by atoms with Gasteiger partial charge in [-0.1, -0.05) is 25.1 Å². The lowest BCUT2D eigenvalue weighted by molar-refractivity contribution is 0.569. The molecule has 0 aliphatic heterocycles. The van der Waals surface area contributed by atoms with Crippen molar-refractivity contribution in [1.29, 1.82) is 0 Å². The monoisotopic (exact) mass is 292 g/mol. The highest BCUT2D eigenvalue weighted by Gasteiger charge is 2.12. The van der Waals surface area contributed by atoms with Gasteiger partial charge in [-0.15, -0.1) is 0 Å². The van der Waals surface area contributed by atoms with E-state index in [1.54, 1.807) is 12.0 Å². The molecule has 0 fully saturated rings. The summed E-state index contributed by atoms with van der Waals surface area (Å²) in [4.78, 5) is 10.3. The van der Waals surface area contributed by atoms with E-state index in [1.807, 2.05) is 6.92 Å². The van der Waals surface area contributed by atoms with Gasteiger partial charge in [-0.05, 0) is 42.7 Å². The Morgan fingerprint density at radius 1 is 1.24 bits per heavy atom. The first-order valence-corrected chi connectivity index (χ1v) is 6.41. The van der Waals surface area contributed by atoms with Gasteiger partial charge in [0.2, 0.25) is 0 Å². The summed E-state index contributed by atoms with van der Waals surface area (Å²) in [6, 6.07) is 3.35. The molecule has 1 aromatic rings. The zero-order valence-corrected chi connectivity index (χ0v) is 11.8. The quantitative estimate of drug-likeness (QED) is 0.554. The first kappa shape index (κ1) is 16.7. The molecule has 0 saturated carbocycles. The highest BCUT2D eigenvalue weighted by Crippen LogP contribution is 2.25. The topological polar surface area (TPSA) is 17.1 Å². The lowest BCUT2D eigenvalue weighted by Gasteiger charge is -2.05. The standard InChI is InChI=1S/C17H15F3O/c1-3-5-13(10-11-21)8-9-14(18)12(2)17-15(19)6-4-7-16(17)20/h4-10H,3H2,1-2H3/b9-8-,13-5-,14-12-. The summed E-state index contributed by atoms with van der Waals surface area (Å²) in [6.07, 6.45) is 5.94. The first-order valence-electron chi connectivity index (χ1n) is 6.41. The normalized spacial score (nSPS) is 13.1. The molecule has 0 atom stereocenters. The van der Waals surface area contributed by atoms with Crippen LogP contribution in [0.3, 0.4) is 0 Å². The average Bonchev–Trinajstić information content (AvgIpc) is 2.44. The van der Waals surface area contributed by atoms with Crippen molar-refractivity contribution in [1.82, 2.24) is 0 Å². The van der Waals surface area contributed by atoms with Crippen LogP contribution in [0.15, 0.2) is 53.9 Å². The minimum atomic E-state index is -0.826. The summed E-state index contributed by atoms with van der Waals surface area (Å²) in [7, 11) is 0. The van der Waals surface area contributed by atoms with E-state index in [4.69, 9.17) is 0 Å². The predicted molar refractivity (Wildman–Crippen MR) is 77.8 cm³/mol. The number of carbonyl (C=O) groups excluding carboxylic acids is 1. The minimum absolute atomic E-state index is 0.146. The van der Waals surface area contributed by atoms with Crippen LogP contribution in [0.2, 0.25) is 0 Å². The maximum atomic E-state index is 14.0. The molecule has 0 aliphatic carbocycles. The van der Waals surface area contributed by atoms with Gasteiger partial charge in [0.1, 0.15) is 23.4 Å². The Hall–Kier alpha value is -2.32. The third-order valence-electron chi connectivity index (χ3n) is 2.78. The van der Waals surface area contributed by atoms with Crippen LogP contribution in [0, 0.1) is 11.6 Å². The van der Waals surface area contributed by atoms with E-state index in [1.165, 1.54) is 19.1 Å². The number of benzene rings is 1. The zero-order valence-electron chi connectivity index (χ0n) is 11.8. The number of hydrogen-bond donors (Lipinski definition) is 0. The molecule has 4 heteroatoms. The largest absolute Gasteiger partial charge is 0.233 e. The van der Waals surface area contributed by atoms with Crippen molar-refractivity contribution >= 4 is 11.5 Å². The summed E-state index contributed by atoms with van der Waals surface area (Å²) in [5.74, 6) is -0.827. The highest BCUT2D eigenvalue weighted by atomic mass is 19.1. The van der Waals surface area contributed by atoms with Crippen LogP contribution < -0.4 is 0 Å². The van der Waals surface area contributed by atoms with Gasteiger partial charge in [0, 0.05) is 6.08 Å². The second-order valence-corrected chi connectivity index (χ2v) is 4.28. The smallest absolute Gasteiger partial charge is 0.133 e. The summed E-state index contributed by atoms with van der Waals surface area (Å²) in [5, 5.41) is 0. The van der Waals surface area contributed by atoms with Gasteiger partial charge < -0.3 is 0 Å². The fraction of sp³-hybridized carbons (Fsp3) is 0.176. The molecule has 0 saturated heterocycles. The molecule has 0 spiro atoms. The summed E-state index contributed by atoms with van der Waals surface area (Å²) < 4.78 is 41.1. The zero-order chi connectivity index (χ0) is 15.8. The molecule has 0 heterocycles. The lowest BCUT2D eigenvalue weighted by atomic mass is 10.0. The number of halogens is 3. The van der Waals surface area contributed by atoms with E-state index < -0.39 is 23.0 Å². The third kappa shape index (κ3) is 4.62. The van der Waals surface area contributed by atoms with Crippen molar-refractivity contribution in [2.45, 2.75) is 20.3 Å². The molecule has 0 amide bonds. The second kappa shape index (κ2) is 8.08. The van der Waals surface area contributed by atoms with Crippen LogP contribution in [0.1, 0.15) is 25.8 Å². The van der Waals surface area contributed by atoms with Gasteiger partial charge in [0.05, 0.1) is 5.56 Å². The molecule has 0 bridgehead atoms. The van der Waals surface area contributed by atoms with E-state index in [9.17, 15) is 18.0 Å². The van der Waals surface area contributed by atoms with Crippen molar-refractivity contribution in [2.24, 2.45) is 0 Å². The van der Waals surface area contributed by atoms with Gasteiger partial charge in [0.25, 0.3) is 0 Å². The Labute approximate surface area is 121 Å². The van der Waals surface area contributed by atoms with Crippen molar-refractivity contribution in [3.63, 3.8) is 0 Å².